The summed E-state index contributed by atoms with van der Waals surface area (Å²) in [6.07, 6.45) is 1.27. The molecule has 0 amide bonds. The number of thiophene rings is 1. The molecule has 0 radical (unpaired) electrons. The zero-order valence-corrected chi connectivity index (χ0v) is 16.7. The number of nitrogens with one attached hydrogen (secondary N) is 2. The van der Waals surface area contributed by atoms with Crippen molar-refractivity contribution < 1.29 is 0 Å². The van der Waals surface area contributed by atoms with Crippen molar-refractivity contribution in [1.82, 2.24) is 20.4 Å². The molecule has 0 bridgehead atoms. The van der Waals surface area contributed by atoms with Crippen LogP contribution in [0, 0.1) is 0 Å². The molecule has 1 aliphatic rings. The van der Waals surface area contributed by atoms with E-state index >= 15 is 0 Å². The predicted octanol–water partition coefficient (Wildman–Crippen LogP) is 1.67. The van der Waals surface area contributed by atoms with Crippen molar-refractivity contribution in [3.8, 4) is 0 Å². The summed E-state index contributed by atoms with van der Waals surface area (Å²) in [5, 5.41) is 11.0. The van der Waals surface area contributed by atoms with Crippen molar-refractivity contribution in [3.63, 3.8) is 0 Å². The maximum Gasteiger partial charge on any atom is 0.191 e. The van der Waals surface area contributed by atoms with Crippen LogP contribution in [0.1, 0.15) is 12.0 Å². The van der Waals surface area contributed by atoms with Crippen LogP contribution >= 0.6 is 35.3 Å². The first-order valence-corrected chi connectivity index (χ1v) is 8.58. The lowest BCUT2D eigenvalue weighted by molar-refractivity contribution is 0.280. The van der Waals surface area contributed by atoms with Gasteiger partial charge in [0.05, 0.1) is 0 Å². The Morgan fingerprint density at radius 3 is 2.86 bits per heavy atom. The highest BCUT2D eigenvalue weighted by Gasteiger charge is 2.11. The van der Waals surface area contributed by atoms with Gasteiger partial charge in [-0.1, -0.05) is 0 Å². The summed E-state index contributed by atoms with van der Waals surface area (Å²) in [4.78, 5) is 9.21. The van der Waals surface area contributed by atoms with E-state index in [4.69, 9.17) is 0 Å². The summed E-state index contributed by atoms with van der Waals surface area (Å²) in [6, 6.07) is 2.14. The number of rotatable bonds is 5. The fraction of sp³-hybridized carbons (Fsp3) is 0.667. The fourth-order valence-electron chi connectivity index (χ4n) is 2.46. The van der Waals surface area contributed by atoms with Crippen molar-refractivity contribution in [3.05, 3.63) is 22.4 Å². The van der Waals surface area contributed by atoms with Gasteiger partial charge in [-0.05, 0) is 48.9 Å². The minimum absolute atomic E-state index is 0. The lowest BCUT2D eigenvalue weighted by Crippen LogP contribution is -2.42. The van der Waals surface area contributed by atoms with Gasteiger partial charge in [0.15, 0.2) is 5.96 Å². The Hall–Kier alpha value is -0.380. The second-order valence-corrected chi connectivity index (χ2v) is 6.26. The van der Waals surface area contributed by atoms with Gasteiger partial charge in [-0.25, -0.2) is 0 Å². The third-order valence-corrected chi connectivity index (χ3v) is 4.53. The van der Waals surface area contributed by atoms with Crippen molar-refractivity contribution in [2.45, 2.75) is 13.0 Å². The number of guanidine groups is 1. The van der Waals surface area contributed by atoms with Crippen molar-refractivity contribution in [2.75, 3.05) is 53.4 Å². The predicted molar refractivity (Wildman–Crippen MR) is 106 cm³/mol. The van der Waals surface area contributed by atoms with E-state index in [1.165, 1.54) is 38.2 Å². The molecule has 1 aromatic heterocycles. The highest BCUT2D eigenvalue weighted by atomic mass is 127. The molecule has 1 aromatic rings. The van der Waals surface area contributed by atoms with Crippen LogP contribution in [0.2, 0.25) is 0 Å². The molecular formula is C15H28IN5S. The zero-order chi connectivity index (χ0) is 14.9. The molecular weight excluding hydrogens is 409 g/mol. The summed E-state index contributed by atoms with van der Waals surface area (Å²) >= 11 is 1.73. The summed E-state index contributed by atoms with van der Waals surface area (Å²) < 4.78 is 0. The standard InChI is InChI=1S/C15H27N5S.HI/c1-16-15(18-12-14-4-11-21-13-14)17-5-8-20-7-3-6-19(2)9-10-20;/h4,11,13H,3,5-10,12H2,1-2H3,(H2,16,17,18);1H. The molecule has 7 heteroatoms. The van der Waals surface area contributed by atoms with Crippen LogP contribution in [-0.4, -0.2) is 69.1 Å². The monoisotopic (exact) mass is 437 g/mol. The molecule has 1 fully saturated rings. The first-order valence-electron chi connectivity index (χ1n) is 7.64. The molecule has 1 saturated heterocycles. The zero-order valence-electron chi connectivity index (χ0n) is 13.5. The number of aliphatic imine (C=N–C) groups is 1. The van der Waals surface area contributed by atoms with E-state index in [1.54, 1.807) is 11.3 Å². The lowest BCUT2D eigenvalue weighted by Gasteiger charge is -2.21. The molecule has 0 unspecified atom stereocenters. The second kappa shape index (κ2) is 11.2. The largest absolute Gasteiger partial charge is 0.355 e. The first kappa shape index (κ1) is 19.7. The lowest BCUT2D eigenvalue weighted by atomic mass is 10.3. The average Bonchev–Trinajstić information content (AvgIpc) is 2.92. The van der Waals surface area contributed by atoms with E-state index < -0.39 is 0 Å². The Morgan fingerprint density at radius 2 is 2.14 bits per heavy atom. The van der Waals surface area contributed by atoms with Gasteiger partial charge < -0.3 is 20.4 Å². The van der Waals surface area contributed by atoms with Crippen molar-refractivity contribution >= 4 is 41.3 Å². The van der Waals surface area contributed by atoms with E-state index in [0.717, 1.165) is 25.6 Å². The normalized spacial score (nSPS) is 17.6. The summed E-state index contributed by atoms with van der Waals surface area (Å²) in [5.74, 6) is 0.883. The molecule has 1 aliphatic heterocycles. The average molecular weight is 437 g/mol. The first-order chi connectivity index (χ1) is 10.3. The minimum Gasteiger partial charge on any atom is -0.355 e. The summed E-state index contributed by atoms with van der Waals surface area (Å²) in [6.45, 7) is 7.60. The smallest absolute Gasteiger partial charge is 0.191 e. The minimum atomic E-state index is 0. The summed E-state index contributed by atoms with van der Waals surface area (Å²) in [7, 11) is 4.03. The maximum atomic E-state index is 4.27. The van der Waals surface area contributed by atoms with Gasteiger partial charge in [-0.3, -0.25) is 4.99 Å². The fourth-order valence-corrected chi connectivity index (χ4v) is 3.12. The Kier molecular flexibility index (Phi) is 10.0. The molecule has 2 rings (SSSR count). The highest BCUT2D eigenvalue weighted by molar-refractivity contribution is 14.0. The number of hydrogen-bond acceptors (Lipinski definition) is 4. The second-order valence-electron chi connectivity index (χ2n) is 5.48. The van der Waals surface area contributed by atoms with Crippen LogP contribution in [0.4, 0.5) is 0 Å². The number of halogens is 1. The van der Waals surface area contributed by atoms with E-state index in [0.29, 0.717) is 0 Å². The molecule has 0 spiro atoms. The molecule has 0 atom stereocenters. The number of hydrogen-bond donors (Lipinski definition) is 2. The summed E-state index contributed by atoms with van der Waals surface area (Å²) in [5.41, 5.74) is 1.30. The molecule has 22 heavy (non-hydrogen) atoms. The van der Waals surface area contributed by atoms with E-state index in [9.17, 15) is 0 Å². The van der Waals surface area contributed by atoms with E-state index in [2.05, 4.69) is 49.3 Å². The van der Waals surface area contributed by atoms with Crippen molar-refractivity contribution in [1.29, 1.82) is 0 Å². The number of nitrogens with zero attached hydrogens (tertiary/aromatic N) is 3. The highest BCUT2D eigenvalue weighted by Crippen LogP contribution is 2.04. The Morgan fingerprint density at radius 1 is 1.27 bits per heavy atom. The third-order valence-electron chi connectivity index (χ3n) is 3.80. The number of likely N-dealkylation sites (N-methyl/N-ethyl adjacent to an activating group) is 1. The Balaban J connectivity index is 0.00000242. The van der Waals surface area contributed by atoms with Gasteiger partial charge >= 0.3 is 0 Å². The maximum absolute atomic E-state index is 4.27. The van der Waals surface area contributed by atoms with Gasteiger partial charge in [0, 0.05) is 39.8 Å². The SMILES string of the molecule is CN=C(NCCN1CCCN(C)CC1)NCc1ccsc1.I. The van der Waals surface area contributed by atoms with Gasteiger partial charge in [0.2, 0.25) is 0 Å². The molecule has 126 valence electrons. The van der Waals surface area contributed by atoms with E-state index in [1.807, 2.05) is 7.05 Å². The third kappa shape index (κ3) is 7.26. The van der Waals surface area contributed by atoms with Gasteiger partial charge in [-0.15, -0.1) is 24.0 Å². The molecule has 5 nitrogen and oxygen atoms in total. The van der Waals surface area contributed by atoms with Crippen molar-refractivity contribution in [2.24, 2.45) is 4.99 Å². The molecule has 0 aliphatic carbocycles. The quantitative estimate of drug-likeness (QED) is 0.418. The van der Waals surface area contributed by atoms with Crippen LogP contribution in [0.3, 0.4) is 0 Å². The Bertz CT molecular complexity index is 424. The van der Waals surface area contributed by atoms with E-state index in [-0.39, 0.29) is 24.0 Å². The van der Waals surface area contributed by atoms with Crippen LogP contribution in [0.25, 0.3) is 0 Å². The van der Waals surface area contributed by atoms with Gasteiger partial charge in [-0.2, -0.15) is 11.3 Å². The molecule has 2 heterocycles. The molecule has 0 aromatic carbocycles. The molecule has 2 N–H and O–H groups in total. The van der Waals surface area contributed by atoms with Crippen LogP contribution in [-0.2, 0) is 6.54 Å². The van der Waals surface area contributed by atoms with Gasteiger partial charge in [0.1, 0.15) is 0 Å². The Labute approximate surface area is 155 Å². The van der Waals surface area contributed by atoms with Gasteiger partial charge in [0.25, 0.3) is 0 Å². The molecule has 0 saturated carbocycles. The van der Waals surface area contributed by atoms with Crippen LogP contribution in [0.5, 0.6) is 0 Å². The van der Waals surface area contributed by atoms with Crippen LogP contribution < -0.4 is 10.6 Å². The van der Waals surface area contributed by atoms with Crippen LogP contribution in [0.15, 0.2) is 21.8 Å². The topological polar surface area (TPSA) is 42.9 Å².